The van der Waals surface area contributed by atoms with Crippen LogP contribution in [-0.4, -0.2) is 64.3 Å². The number of rotatable bonds is 2. The molecule has 0 aromatic rings. The summed E-state index contributed by atoms with van der Waals surface area (Å²) in [4.78, 5) is 1.83. The number of hydrogen-bond donors (Lipinski definition) is 3. The van der Waals surface area contributed by atoms with Crippen molar-refractivity contribution in [2.24, 2.45) is 11.8 Å². The van der Waals surface area contributed by atoms with Crippen LogP contribution in [0, 0.1) is 11.8 Å². The molecule has 1 heterocycles. The summed E-state index contributed by atoms with van der Waals surface area (Å²) in [5, 5.41) is 28.6. The van der Waals surface area contributed by atoms with Gasteiger partial charge in [0, 0.05) is 19.6 Å². The Hall–Kier alpha value is -0.370. The summed E-state index contributed by atoms with van der Waals surface area (Å²) >= 11 is 0. The van der Waals surface area contributed by atoms with Crippen LogP contribution in [0.1, 0.15) is 25.7 Å². The Morgan fingerprint density at radius 2 is 1.40 bits per heavy atom. The first-order valence-electron chi connectivity index (χ1n) is 7.10. The highest BCUT2D eigenvalue weighted by Gasteiger charge is 2.42. The van der Waals surface area contributed by atoms with Crippen molar-refractivity contribution in [3.05, 3.63) is 0 Å². The molecule has 0 spiro atoms. The lowest BCUT2D eigenvalue weighted by molar-refractivity contribution is -0.184. The summed E-state index contributed by atoms with van der Waals surface area (Å²) in [6.07, 6.45) is -5.84. The number of alkyl halides is 3. The van der Waals surface area contributed by atoms with E-state index in [1.165, 1.54) is 0 Å². The highest BCUT2D eigenvalue weighted by atomic mass is 19.4. The molecule has 1 aliphatic heterocycles. The van der Waals surface area contributed by atoms with E-state index in [-0.39, 0.29) is 31.8 Å². The SMILES string of the molecule is OC1[C@H](O)CN(CC2CCC(C(F)(F)F)CC2)C[C@@H]1O. The second-order valence-electron chi connectivity index (χ2n) is 6.10. The normalized spacial score (nSPS) is 40.8. The maximum absolute atomic E-state index is 12.6. The largest absolute Gasteiger partial charge is 0.391 e. The smallest absolute Gasteiger partial charge is 0.389 e. The first kappa shape index (κ1) is 16.0. The Kier molecular flexibility index (Phi) is 4.94. The molecule has 0 amide bonds. The molecule has 3 atom stereocenters. The molecule has 2 aliphatic rings. The topological polar surface area (TPSA) is 63.9 Å². The molecule has 118 valence electrons. The van der Waals surface area contributed by atoms with Crippen molar-refractivity contribution in [3.63, 3.8) is 0 Å². The fourth-order valence-electron chi connectivity index (χ4n) is 3.26. The molecule has 2 fully saturated rings. The van der Waals surface area contributed by atoms with Crippen LogP contribution in [0.5, 0.6) is 0 Å². The van der Waals surface area contributed by atoms with Gasteiger partial charge in [-0.1, -0.05) is 0 Å². The number of aliphatic hydroxyl groups excluding tert-OH is 3. The van der Waals surface area contributed by atoms with Crippen LogP contribution in [0.25, 0.3) is 0 Å². The van der Waals surface area contributed by atoms with Gasteiger partial charge in [0.05, 0.1) is 18.1 Å². The minimum atomic E-state index is -4.09. The predicted molar refractivity (Wildman–Crippen MR) is 66.0 cm³/mol. The second kappa shape index (κ2) is 6.17. The maximum Gasteiger partial charge on any atom is 0.391 e. The predicted octanol–water partition coefficient (Wildman–Crippen LogP) is 0.753. The summed E-state index contributed by atoms with van der Waals surface area (Å²) in [7, 11) is 0. The standard InChI is InChI=1S/C13H22F3NO3/c14-13(15,16)9-3-1-8(2-4-9)5-17-6-10(18)12(20)11(19)7-17/h8-12,18-20H,1-7H2/t8?,9?,10-,11+,12?. The third kappa shape index (κ3) is 3.84. The highest BCUT2D eigenvalue weighted by Crippen LogP contribution is 2.39. The highest BCUT2D eigenvalue weighted by molar-refractivity contribution is 4.88. The van der Waals surface area contributed by atoms with E-state index in [9.17, 15) is 28.5 Å². The van der Waals surface area contributed by atoms with E-state index in [1.54, 1.807) is 0 Å². The molecule has 0 radical (unpaired) electrons. The van der Waals surface area contributed by atoms with E-state index in [2.05, 4.69) is 0 Å². The Balaban J connectivity index is 1.78. The number of likely N-dealkylation sites (tertiary alicyclic amines) is 1. The van der Waals surface area contributed by atoms with Crippen LogP contribution in [0.3, 0.4) is 0 Å². The van der Waals surface area contributed by atoms with Crippen LogP contribution in [0.15, 0.2) is 0 Å². The van der Waals surface area contributed by atoms with Crippen LogP contribution in [0.4, 0.5) is 13.2 Å². The number of aliphatic hydroxyl groups is 3. The van der Waals surface area contributed by atoms with Gasteiger partial charge in [-0.2, -0.15) is 13.2 Å². The molecule has 1 unspecified atom stereocenters. The lowest BCUT2D eigenvalue weighted by Gasteiger charge is -2.39. The van der Waals surface area contributed by atoms with Crippen molar-refractivity contribution in [1.82, 2.24) is 4.90 Å². The van der Waals surface area contributed by atoms with Crippen molar-refractivity contribution in [2.75, 3.05) is 19.6 Å². The van der Waals surface area contributed by atoms with Gasteiger partial charge in [-0.05, 0) is 31.6 Å². The number of piperidine rings is 1. The van der Waals surface area contributed by atoms with Crippen LogP contribution in [0.2, 0.25) is 0 Å². The zero-order valence-corrected chi connectivity index (χ0v) is 11.3. The average Bonchev–Trinajstić information content (AvgIpc) is 2.35. The van der Waals surface area contributed by atoms with Gasteiger partial charge in [0.1, 0.15) is 6.10 Å². The zero-order chi connectivity index (χ0) is 14.9. The van der Waals surface area contributed by atoms with Crippen molar-refractivity contribution < 1.29 is 28.5 Å². The van der Waals surface area contributed by atoms with E-state index < -0.39 is 30.4 Å². The van der Waals surface area contributed by atoms with Gasteiger partial charge in [-0.3, -0.25) is 4.90 Å². The van der Waals surface area contributed by atoms with Gasteiger partial charge < -0.3 is 15.3 Å². The van der Waals surface area contributed by atoms with Crippen molar-refractivity contribution in [2.45, 2.75) is 50.2 Å². The van der Waals surface area contributed by atoms with Crippen LogP contribution in [-0.2, 0) is 0 Å². The quantitative estimate of drug-likeness (QED) is 0.704. The molecule has 7 heteroatoms. The molecule has 3 N–H and O–H groups in total. The minimum Gasteiger partial charge on any atom is -0.389 e. The van der Waals surface area contributed by atoms with Crippen molar-refractivity contribution in [1.29, 1.82) is 0 Å². The van der Waals surface area contributed by atoms with Gasteiger partial charge in [0.2, 0.25) is 0 Å². The fourth-order valence-corrected chi connectivity index (χ4v) is 3.26. The molecule has 2 rings (SSSR count). The lowest BCUT2D eigenvalue weighted by atomic mass is 9.81. The number of nitrogens with zero attached hydrogens (tertiary/aromatic N) is 1. The van der Waals surface area contributed by atoms with Crippen LogP contribution >= 0.6 is 0 Å². The summed E-state index contributed by atoms with van der Waals surface area (Å²) in [5.41, 5.74) is 0. The summed E-state index contributed by atoms with van der Waals surface area (Å²) in [6.45, 7) is 1.10. The maximum atomic E-state index is 12.6. The summed E-state index contributed by atoms with van der Waals surface area (Å²) < 4.78 is 37.7. The molecular weight excluding hydrogens is 275 g/mol. The third-order valence-electron chi connectivity index (χ3n) is 4.51. The Morgan fingerprint density at radius 1 is 0.900 bits per heavy atom. The van der Waals surface area contributed by atoms with E-state index in [0.29, 0.717) is 19.4 Å². The Morgan fingerprint density at radius 3 is 1.85 bits per heavy atom. The molecule has 1 saturated carbocycles. The van der Waals surface area contributed by atoms with Crippen molar-refractivity contribution >= 4 is 0 Å². The Labute approximate surface area is 116 Å². The summed E-state index contributed by atoms with van der Waals surface area (Å²) in [5.74, 6) is -1.01. The summed E-state index contributed by atoms with van der Waals surface area (Å²) in [6, 6.07) is 0. The number of hydrogen-bond acceptors (Lipinski definition) is 4. The third-order valence-corrected chi connectivity index (χ3v) is 4.51. The molecule has 0 aromatic heterocycles. The fraction of sp³-hybridized carbons (Fsp3) is 1.00. The van der Waals surface area contributed by atoms with Crippen molar-refractivity contribution in [3.8, 4) is 0 Å². The first-order valence-corrected chi connectivity index (χ1v) is 7.10. The average molecular weight is 297 g/mol. The first-order chi connectivity index (χ1) is 9.27. The number of β-amino-alcohol motifs (C(OH)–C–C–N with tert-alkyl or cyclic N) is 2. The van der Waals surface area contributed by atoms with E-state index in [1.807, 2.05) is 4.90 Å². The van der Waals surface area contributed by atoms with Gasteiger partial charge in [0.25, 0.3) is 0 Å². The number of halogens is 3. The second-order valence-corrected chi connectivity index (χ2v) is 6.10. The molecule has 1 aliphatic carbocycles. The van der Waals surface area contributed by atoms with E-state index in [0.717, 1.165) is 0 Å². The zero-order valence-electron chi connectivity index (χ0n) is 11.3. The monoisotopic (exact) mass is 297 g/mol. The van der Waals surface area contributed by atoms with E-state index >= 15 is 0 Å². The lowest BCUT2D eigenvalue weighted by Crippen LogP contribution is -2.56. The molecule has 0 aromatic carbocycles. The van der Waals surface area contributed by atoms with Gasteiger partial charge in [-0.25, -0.2) is 0 Å². The van der Waals surface area contributed by atoms with E-state index in [4.69, 9.17) is 0 Å². The van der Waals surface area contributed by atoms with Gasteiger partial charge >= 0.3 is 6.18 Å². The molecule has 20 heavy (non-hydrogen) atoms. The molecular formula is C13H22F3NO3. The minimum absolute atomic E-state index is 0.162. The van der Waals surface area contributed by atoms with Gasteiger partial charge in [-0.15, -0.1) is 0 Å². The molecule has 1 saturated heterocycles. The van der Waals surface area contributed by atoms with Gasteiger partial charge in [0.15, 0.2) is 0 Å². The van der Waals surface area contributed by atoms with Crippen LogP contribution < -0.4 is 0 Å². The Bertz CT molecular complexity index is 306. The molecule has 0 bridgehead atoms. The molecule has 4 nitrogen and oxygen atoms in total.